The van der Waals surface area contributed by atoms with E-state index in [-0.39, 0.29) is 0 Å². The molecule has 0 fully saturated rings. The molecule has 5 heteroatoms. The van der Waals surface area contributed by atoms with Gasteiger partial charge in [-0.05, 0) is 37.5 Å². The van der Waals surface area contributed by atoms with Crippen molar-refractivity contribution < 1.29 is 0 Å². The quantitative estimate of drug-likeness (QED) is 0.841. The number of aryl methyl sites for hydroxylation is 1. The molecule has 2 aromatic rings. The first kappa shape index (κ1) is 12.0. The van der Waals surface area contributed by atoms with Gasteiger partial charge in [-0.25, -0.2) is 0 Å². The summed E-state index contributed by atoms with van der Waals surface area (Å²) < 4.78 is 1.95. The first-order valence-electron chi connectivity index (χ1n) is 5.66. The van der Waals surface area contributed by atoms with E-state index in [1.807, 2.05) is 24.6 Å². The number of nitrogens with zero attached hydrogens (tertiary/aromatic N) is 4. The Balaban J connectivity index is 2.53. The molecule has 2 rings (SSSR count). The Morgan fingerprint density at radius 3 is 2.71 bits per heavy atom. The smallest absolute Gasteiger partial charge is 0.154 e. The normalized spacial score (nSPS) is 10.8. The zero-order valence-corrected chi connectivity index (χ0v) is 11.0. The van der Waals surface area contributed by atoms with Gasteiger partial charge in [0.2, 0.25) is 0 Å². The first-order valence-corrected chi connectivity index (χ1v) is 6.04. The van der Waals surface area contributed by atoms with Crippen LogP contribution in [0, 0.1) is 13.8 Å². The molecule has 0 radical (unpaired) electrons. The summed E-state index contributed by atoms with van der Waals surface area (Å²) in [5.41, 5.74) is 3.89. The lowest BCUT2D eigenvalue weighted by atomic mass is 10.1. The van der Waals surface area contributed by atoms with Gasteiger partial charge in [-0.3, -0.25) is 4.68 Å². The fourth-order valence-corrected chi connectivity index (χ4v) is 1.92. The molecule has 0 aromatic carbocycles. The van der Waals surface area contributed by atoms with Crippen molar-refractivity contribution in [1.82, 2.24) is 20.0 Å². The van der Waals surface area contributed by atoms with E-state index in [0.29, 0.717) is 5.15 Å². The summed E-state index contributed by atoms with van der Waals surface area (Å²) in [7, 11) is 0. The van der Waals surface area contributed by atoms with E-state index in [0.717, 1.165) is 35.5 Å². The van der Waals surface area contributed by atoms with Crippen molar-refractivity contribution in [2.75, 3.05) is 0 Å². The first-order chi connectivity index (χ1) is 8.15. The van der Waals surface area contributed by atoms with Crippen LogP contribution < -0.4 is 0 Å². The minimum atomic E-state index is 0.466. The Bertz CT molecular complexity index is 533. The van der Waals surface area contributed by atoms with E-state index in [1.165, 1.54) is 0 Å². The minimum Gasteiger partial charge on any atom is -0.263 e. The van der Waals surface area contributed by atoms with Crippen LogP contribution in [0.3, 0.4) is 0 Å². The molecule has 0 aliphatic carbocycles. The number of aromatic nitrogens is 4. The van der Waals surface area contributed by atoms with Gasteiger partial charge in [0.15, 0.2) is 5.15 Å². The van der Waals surface area contributed by atoms with E-state index < -0.39 is 0 Å². The second kappa shape index (κ2) is 4.84. The third-order valence-corrected chi connectivity index (χ3v) is 3.22. The molecule has 0 atom stereocenters. The molecule has 0 spiro atoms. The average molecular weight is 251 g/mol. The summed E-state index contributed by atoms with van der Waals surface area (Å²) in [6, 6.07) is 1.96. The molecule has 0 aliphatic rings. The van der Waals surface area contributed by atoms with Crippen LogP contribution in [0.2, 0.25) is 5.15 Å². The zero-order chi connectivity index (χ0) is 12.4. The molecule has 17 heavy (non-hydrogen) atoms. The van der Waals surface area contributed by atoms with Crippen molar-refractivity contribution >= 4 is 11.6 Å². The van der Waals surface area contributed by atoms with Crippen molar-refractivity contribution in [2.24, 2.45) is 0 Å². The van der Waals surface area contributed by atoms with Crippen molar-refractivity contribution in [2.45, 2.75) is 33.7 Å². The maximum Gasteiger partial charge on any atom is 0.154 e. The van der Waals surface area contributed by atoms with E-state index in [2.05, 4.69) is 22.2 Å². The van der Waals surface area contributed by atoms with Gasteiger partial charge in [-0.15, -0.1) is 10.2 Å². The van der Waals surface area contributed by atoms with Gasteiger partial charge in [-0.2, -0.15) is 5.10 Å². The second-order valence-electron chi connectivity index (χ2n) is 4.03. The van der Waals surface area contributed by atoms with Crippen LogP contribution in [-0.2, 0) is 6.54 Å². The van der Waals surface area contributed by atoms with Gasteiger partial charge in [-0.1, -0.05) is 18.5 Å². The monoisotopic (exact) mass is 250 g/mol. The minimum absolute atomic E-state index is 0.466. The Hall–Kier alpha value is -1.42. The summed E-state index contributed by atoms with van der Waals surface area (Å²) in [6.07, 6.45) is 2.82. The molecule has 0 amide bonds. The van der Waals surface area contributed by atoms with Crippen LogP contribution in [-0.4, -0.2) is 20.0 Å². The van der Waals surface area contributed by atoms with Gasteiger partial charge in [0.25, 0.3) is 0 Å². The summed E-state index contributed by atoms with van der Waals surface area (Å²) in [4.78, 5) is 0. The molecule has 0 N–H and O–H groups in total. The van der Waals surface area contributed by atoms with Gasteiger partial charge < -0.3 is 0 Å². The molecule has 0 saturated heterocycles. The van der Waals surface area contributed by atoms with Gasteiger partial charge in [0, 0.05) is 12.7 Å². The summed E-state index contributed by atoms with van der Waals surface area (Å²) >= 11 is 5.95. The Labute approximate surface area is 106 Å². The molecular formula is C12H15ClN4. The Morgan fingerprint density at radius 1 is 1.24 bits per heavy atom. The highest BCUT2D eigenvalue weighted by Gasteiger charge is 2.13. The number of hydrogen-bond donors (Lipinski definition) is 0. The van der Waals surface area contributed by atoms with Crippen LogP contribution in [0.4, 0.5) is 0 Å². The molecule has 0 unspecified atom stereocenters. The predicted octanol–water partition coefficient (Wildman–Crippen LogP) is 3.02. The molecular weight excluding hydrogens is 236 g/mol. The second-order valence-corrected chi connectivity index (χ2v) is 4.39. The van der Waals surface area contributed by atoms with Crippen LogP contribution in [0.15, 0.2) is 12.3 Å². The highest BCUT2D eigenvalue weighted by atomic mass is 35.5. The van der Waals surface area contributed by atoms with Gasteiger partial charge in [0.1, 0.15) is 5.69 Å². The lowest BCUT2D eigenvalue weighted by Gasteiger charge is -2.09. The van der Waals surface area contributed by atoms with E-state index in [1.54, 1.807) is 6.20 Å². The van der Waals surface area contributed by atoms with Crippen LogP contribution >= 0.6 is 11.6 Å². The SMILES string of the molecule is CCCn1nccc1-c1nnc(Cl)c(C)c1C. The predicted molar refractivity (Wildman–Crippen MR) is 68.0 cm³/mol. The third-order valence-electron chi connectivity index (χ3n) is 2.86. The Kier molecular flexibility index (Phi) is 3.43. The third kappa shape index (κ3) is 2.17. The van der Waals surface area contributed by atoms with Crippen molar-refractivity contribution in [3.63, 3.8) is 0 Å². The van der Waals surface area contributed by atoms with E-state index in [4.69, 9.17) is 11.6 Å². The van der Waals surface area contributed by atoms with E-state index in [9.17, 15) is 0 Å². The Morgan fingerprint density at radius 2 is 2.00 bits per heavy atom. The summed E-state index contributed by atoms with van der Waals surface area (Å²) in [6.45, 7) is 6.97. The van der Waals surface area contributed by atoms with Gasteiger partial charge in [0.05, 0.1) is 5.69 Å². The zero-order valence-electron chi connectivity index (χ0n) is 10.2. The van der Waals surface area contributed by atoms with E-state index >= 15 is 0 Å². The number of rotatable bonds is 3. The van der Waals surface area contributed by atoms with Crippen molar-refractivity contribution in [3.8, 4) is 11.4 Å². The molecule has 90 valence electrons. The summed E-state index contributed by atoms with van der Waals surface area (Å²) in [5.74, 6) is 0. The van der Waals surface area contributed by atoms with Crippen LogP contribution in [0.25, 0.3) is 11.4 Å². The highest BCUT2D eigenvalue weighted by Crippen LogP contribution is 2.25. The van der Waals surface area contributed by atoms with Crippen molar-refractivity contribution in [3.05, 3.63) is 28.5 Å². The number of hydrogen-bond acceptors (Lipinski definition) is 3. The lowest BCUT2D eigenvalue weighted by molar-refractivity contribution is 0.607. The fourth-order valence-electron chi connectivity index (χ4n) is 1.74. The molecule has 2 aromatic heterocycles. The molecule has 0 saturated carbocycles. The highest BCUT2D eigenvalue weighted by molar-refractivity contribution is 6.30. The van der Waals surface area contributed by atoms with Gasteiger partial charge >= 0.3 is 0 Å². The fraction of sp³-hybridized carbons (Fsp3) is 0.417. The lowest BCUT2D eigenvalue weighted by Crippen LogP contribution is -2.05. The average Bonchev–Trinajstić information content (AvgIpc) is 2.75. The van der Waals surface area contributed by atoms with Crippen LogP contribution in [0.1, 0.15) is 24.5 Å². The number of halogens is 1. The topological polar surface area (TPSA) is 43.6 Å². The molecule has 4 nitrogen and oxygen atoms in total. The standard InChI is InChI=1S/C12H15ClN4/c1-4-7-17-10(5-6-14-17)11-8(2)9(3)12(13)16-15-11/h5-6H,4,7H2,1-3H3. The summed E-state index contributed by atoms with van der Waals surface area (Å²) in [5, 5.41) is 12.9. The molecule has 2 heterocycles. The molecule has 0 bridgehead atoms. The van der Waals surface area contributed by atoms with Crippen LogP contribution in [0.5, 0.6) is 0 Å². The maximum atomic E-state index is 5.95. The maximum absolute atomic E-state index is 5.95. The largest absolute Gasteiger partial charge is 0.263 e. The van der Waals surface area contributed by atoms with Crippen molar-refractivity contribution in [1.29, 1.82) is 0 Å². The molecule has 0 aliphatic heterocycles.